The van der Waals surface area contributed by atoms with Gasteiger partial charge in [-0.3, -0.25) is 4.79 Å². The summed E-state index contributed by atoms with van der Waals surface area (Å²) < 4.78 is 0. The summed E-state index contributed by atoms with van der Waals surface area (Å²) >= 11 is 6.11. The van der Waals surface area contributed by atoms with Crippen LogP contribution < -0.4 is 10.6 Å². The van der Waals surface area contributed by atoms with Gasteiger partial charge >= 0.3 is 0 Å². The maximum absolute atomic E-state index is 12.3. The van der Waals surface area contributed by atoms with E-state index in [9.17, 15) is 4.79 Å². The van der Waals surface area contributed by atoms with Crippen LogP contribution in [0.25, 0.3) is 0 Å². The highest BCUT2D eigenvalue weighted by atomic mass is 35.5. The lowest BCUT2D eigenvalue weighted by Gasteiger charge is -2.31. The molecular weight excluding hydrogens is 272 g/mol. The molecule has 1 atom stereocenters. The Labute approximate surface area is 125 Å². The number of carbonyl (C=O) groups excluding carboxylic acids is 1. The van der Waals surface area contributed by atoms with Crippen molar-refractivity contribution in [3.05, 3.63) is 34.9 Å². The number of nitrogens with one attached hydrogen (secondary N) is 2. The van der Waals surface area contributed by atoms with Crippen molar-refractivity contribution in [2.45, 2.75) is 31.7 Å². The van der Waals surface area contributed by atoms with Gasteiger partial charge in [0.25, 0.3) is 0 Å². The molecule has 0 radical (unpaired) electrons. The fraction of sp³-hybridized carbons (Fsp3) is 0.562. The number of halogens is 1. The van der Waals surface area contributed by atoms with Gasteiger partial charge in [-0.1, -0.05) is 36.6 Å². The minimum absolute atomic E-state index is 0.115. The molecule has 1 saturated heterocycles. The Bertz CT molecular complexity index is 481. The van der Waals surface area contributed by atoms with Gasteiger partial charge in [0.2, 0.25) is 5.91 Å². The van der Waals surface area contributed by atoms with E-state index in [2.05, 4.69) is 16.7 Å². The second-order valence-electron chi connectivity index (χ2n) is 5.94. The van der Waals surface area contributed by atoms with Crippen molar-refractivity contribution in [1.82, 2.24) is 10.6 Å². The van der Waals surface area contributed by atoms with Crippen molar-refractivity contribution in [2.75, 3.05) is 13.1 Å². The van der Waals surface area contributed by atoms with Gasteiger partial charge in [0, 0.05) is 18.1 Å². The Morgan fingerprint density at radius 2 is 2.05 bits per heavy atom. The molecule has 2 N–H and O–H groups in total. The minimum atomic E-state index is 0.115. The lowest BCUT2D eigenvalue weighted by molar-refractivity contribution is -0.127. The summed E-state index contributed by atoms with van der Waals surface area (Å²) in [5.74, 6) is 0.865. The first-order chi connectivity index (χ1) is 9.74. The Morgan fingerprint density at radius 3 is 2.65 bits per heavy atom. The quantitative estimate of drug-likeness (QED) is 0.896. The monoisotopic (exact) mass is 292 g/mol. The third-order valence-corrected chi connectivity index (χ3v) is 4.76. The van der Waals surface area contributed by atoms with E-state index in [0.29, 0.717) is 5.92 Å². The molecule has 1 saturated carbocycles. The van der Waals surface area contributed by atoms with Crippen LogP contribution in [0.3, 0.4) is 0 Å². The predicted molar refractivity (Wildman–Crippen MR) is 80.7 cm³/mol. The second kappa shape index (κ2) is 6.15. The third kappa shape index (κ3) is 2.99. The Morgan fingerprint density at radius 1 is 1.30 bits per heavy atom. The predicted octanol–water partition coefficient (Wildman–Crippen LogP) is 2.91. The highest BCUT2D eigenvalue weighted by molar-refractivity contribution is 6.30. The zero-order valence-electron chi connectivity index (χ0n) is 11.6. The fourth-order valence-electron chi connectivity index (χ4n) is 3.21. The highest BCUT2D eigenvalue weighted by Gasteiger charge is 2.31. The summed E-state index contributed by atoms with van der Waals surface area (Å²) in [5.41, 5.74) is 1.14. The van der Waals surface area contributed by atoms with Crippen LogP contribution in [0, 0.1) is 11.8 Å². The van der Waals surface area contributed by atoms with E-state index in [-0.39, 0.29) is 17.9 Å². The molecule has 1 aliphatic carbocycles. The number of benzene rings is 1. The molecule has 0 aromatic heterocycles. The van der Waals surface area contributed by atoms with Gasteiger partial charge in [-0.2, -0.15) is 0 Å². The highest BCUT2D eigenvalue weighted by Crippen LogP contribution is 2.36. The molecule has 0 bridgehead atoms. The number of hydrogen-bond donors (Lipinski definition) is 2. The summed E-state index contributed by atoms with van der Waals surface area (Å²) in [7, 11) is 0. The first kappa shape index (κ1) is 13.9. The Hall–Kier alpha value is -1.06. The van der Waals surface area contributed by atoms with Crippen molar-refractivity contribution in [3.63, 3.8) is 0 Å². The lowest BCUT2D eigenvalue weighted by atomic mass is 9.90. The Balaban J connectivity index is 1.77. The molecule has 1 aromatic carbocycles. The first-order valence-electron chi connectivity index (χ1n) is 7.50. The van der Waals surface area contributed by atoms with Crippen LogP contribution in [0.2, 0.25) is 5.02 Å². The molecule has 1 aromatic rings. The smallest absolute Gasteiger partial charge is 0.226 e. The fourth-order valence-corrected chi connectivity index (χ4v) is 3.41. The molecule has 4 heteroatoms. The summed E-state index contributed by atoms with van der Waals surface area (Å²) in [6, 6.07) is 8.03. The van der Waals surface area contributed by atoms with Crippen LogP contribution in [0.5, 0.6) is 0 Å². The first-order valence-corrected chi connectivity index (χ1v) is 7.88. The molecule has 108 valence electrons. The third-order valence-electron chi connectivity index (χ3n) is 4.53. The second-order valence-corrected chi connectivity index (χ2v) is 6.38. The van der Waals surface area contributed by atoms with E-state index in [1.807, 2.05) is 18.2 Å². The lowest BCUT2D eigenvalue weighted by Crippen LogP contribution is -2.51. The number of carbonyl (C=O) groups is 1. The summed E-state index contributed by atoms with van der Waals surface area (Å²) in [6.07, 6.45) is 4.92. The summed E-state index contributed by atoms with van der Waals surface area (Å²) in [4.78, 5) is 12.3. The maximum atomic E-state index is 12.3. The molecule has 0 spiro atoms. The van der Waals surface area contributed by atoms with Crippen LogP contribution in [0.1, 0.15) is 37.3 Å². The van der Waals surface area contributed by atoms with Crippen LogP contribution in [0.15, 0.2) is 24.3 Å². The largest absolute Gasteiger partial charge is 0.349 e. The molecule has 3 nitrogen and oxygen atoms in total. The molecule has 2 aliphatic rings. The number of rotatable bonds is 4. The van der Waals surface area contributed by atoms with Crippen molar-refractivity contribution < 1.29 is 4.79 Å². The number of amides is 1. The van der Waals surface area contributed by atoms with Gasteiger partial charge < -0.3 is 10.6 Å². The zero-order valence-corrected chi connectivity index (χ0v) is 12.3. The van der Waals surface area contributed by atoms with Crippen LogP contribution in [0.4, 0.5) is 0 Å². The average molecular weight is 293 g/mol. The molecule has 20 heavy (non-hydrogen) atoms. The summed E-state index contributed by atoms with van der Waals surface area (Å²) in [6.45, 7) is 1.61. The van der Waals surface area contributed by atoms with Gasteiger partial charge in [0.1, 0.15) is 0 Å². The normalized spacial score (nSPS) is 21.4. The number of hydrogen-bond acceptors (Lipinski definition) is 2. The molecule has 2 fully saturated rings. The van der Waals surface area contributed by atoms with E-state index in [4.69, 9.17) is 11.6 Å². The van der Waals surface area contributed by atoms with E-state index >= 15 is 0 Å². The van der Waals surface area contributed by atoms with Crippen LogP contribution in [-0.2, 0) is 4.79 Å². The van der Waals surface area contributed by atoms with Gasteiger partial charge in [0.05, 0.1) is 12.0 Å². The molecule has 1 aliphatic heterocycles. The molecule has 1 amide bonds. The SMILES string of the molecule is O=C(NC(c1cccc(Cl)c1)C1CCCC1)C1CNC1. The average Bonchev–Trinajstić information content (AvgIpc) is 2.87. The zero-order chi connectivity index (χ0) is 13.9. The van der Waals surface area contributed by atoms with Gasteiger partial charge in [-0.25, -0.2) is 0 Å². The topological polar surface area (TPSA) is 41.1 Å². The van der Waals surface area contributed by atoms with Crippen molar-refractivity contribution in [2.24, 2.45) is 11.8 Å². The molecule has 1 heterocycles. The van der Waals surface area contributed by atoms with E-state index in [1.54, 1.807) is 0 Å². The van der Waals surface area contributed by atoms with Crippen molar-refractivity contribution >= 4 is 17.5 Å². The van der Waals surface area contributed by atoms with Gasteiger partial charge in [-0.15, -0.1) is 0 Å². The Kier molecular flexibility index (Phi) is 4.27. The van der Waals surface area contributed by atoms with E-state index in [0.717, 1.165) is 23.7 Å². The molecule has 1 unspecified atom stereocenters. The van der Waals surface area contributed by atoms with E-state index < -0.39 is 0 Å². The van der Waals surface area contributed by atoms with Crippen LogP contribution >= 0.6 is 11.6 Å². The van der Waals surface area contributed by atoms with Crippen LogP contribution in [-0.4, -0.2) is 19.0 Å². The minimum Gasteiger partial charge on any atom is -0.349 e. The van der Waals surface area contributed by atoms with Gasteiger partial charge in [-0.05, 0) is 36.5 Å². The van der Waals surface area contributed by atoms with Crippen molar-refractivity contribution in [3.8, 4) is 0 Å². The maximum Gasteiger partial charge on any atom is 0.226 e. The van der Waals surface area contributed by atoms with Crippen molar-refractivity contribution in [1.29, 1.82) is 0 Å². The molecular formula is C16H21ClN2O. The van der Waals surface area contributed by atoms with E-state index in [1.165, 1.54) is 25.7 Å². The molecule has 3 rings (SSSR count). The standard InChI is InChI=1S/C16H21ClN2O/c17-14-7-3-6-12(8-14)15(11-4-1-2-5-11)19-16(20)13-9-18-10-13/h3,6-8,11,13,15,18H,1-2,4-5,9-10H2,(H,19,20). The van der Waals surface area contributed by atoms with Gasteiger partial charge in [0.15, 0.2) is 0 Å². The summed E-state index contributed by atoms with van der Waals surface area (Å²) in [5, 5.41) is 7.16.